The van der Waals surface area contributed by atoms with Crippen molar-refractivity contribution in [3.63, 3.8) is 0 Å². The molecule has 1 aromatic carbocycles. The molecule has 10 nitrogen and oxygen atoms in total. The van der Waals surface area contributed by atoms with Crippen molar-refractivity contribution in [2.75, 3.05) is 0 Å². The van der Waals surface area contributed by atoms with Gasteiger partial charge >= 0.3 is 118 Å². The molecule has 1 rings (SSSR count). The third-order valence-electron chi connectivity index (χ3n) is 1.27. The van der Waals surface area contributed by atoms with E-state index in [4.69, 9.17) is 0 Å². The molecule has 0 radical (unpaired) electrons. The molecule has 0 spiro atoms. The molecule has 0 aliphatic heterocycles. The summed E-state index contributed by atoms with van der Waals surface area (Å²) in [7, 11) is -14.1. The van der Waals surface area contributed by atoms with Gasteiger partial charge in [0.05, 0.1) is 0 Å². The minimum Gasteiger partial charge on any atom is -0.781 e. The maximum absolute atomic E-state index is 9.29. The first-order valence-electron chi connectivity index (χ1n) is 4.86. The molecule has 0 fully saturated rings. The molecule has 0 heterocycles. The fraction of sp³-hybridized carbons (Fsp3) is 0.143. The molecule has 0 amide bonds. The third kappa shape index (κ3) is 47.3. The molecule has 0 aliphatic carbocycles. The smallest absolute Gasteiger partial charge is 0.781 e. The minimum atomic E-state index is -3.51. The molecule has 124 valence electrons. The van der Waals surface area contributed by atoms with Gasteiger partial charge < -0.3 is 37.8 Å². The summed E-state index contributed by atoms with van der Waals surface area (Å²) in [6, 6.07) is 10.3. The quantitative estimate of drug-likeness (QED) is 0.302. The van der Waals surface area contributed by atoms with Crippen LogP contribution in [0.15, 0.2) is 30.3 Å². The Morgan fingerprint density at radius 3 is 0.960 bits per heavy atom. The summed E-state index contributed by atoms with van der Waals surface area (Å²) in [6.45, 7) is 2.08. The first-order chi connectivity index (χ1) is 9.65. The number of aryl methyl sites for hydroxylation is 1. The summed E-state index contributed by atoms with van der Waals surface area (Å²) in [4.78, 5) is 37.1. The van der Waals surface area contributed by atoms with Crippen molar-refractivity contribution in [2.45, 2.75) is 6.92 Å². The summed E-state index contributed by atoms with van der Waals surface area (Å²) in [5.41, 5.74) is 1.32. The first kappa shape index (κ1) is 42.9. The Balaban J connectivity index is -0.0000000501. The molecule has 0 aromatic heterocycles. The van der Waals surface area contributed by atoms with Crippen LogP contribution in [0, 0.1) is 6.92 Å². The molecule has 0 N–H and O–H groups in total. The van der Waals surface area contributed by atoms with Crippen LogP contribution >= 0.6 is 33.0 Å². The maximum Gasteiger partial charge on any atom is 1.00 e. The van der Waals surface area contributed by atoms with Crippen LogP contribution in [-0.4, -0.2) is 0 Å². The number of hydrogen-bond acceptors (Lipinski definition) is 10. The zero-order chi connectivity index (χ0) is 16.8. The molecular formula is C7H12Na4O10P4. The molecular weight excluding hydrogens is 460 g/mol. The van der Waals surface area contributed by atoms with E-state index in [2.05, 4.69) is 27.7 Å². The Kier molecular flexibility index (Phi) is 51.6. The number of hydrogen-bond donors (Lipinski definition) is 0. The van der Waals surface area contributed by atoms with E-state index >= 15 is 0 Å². The molecule has 4 atom stereocenters. The topological polar surface area (TPSA) is 179 Å². The molecule has 0 saturated heterocycles. The second-order valence-corrected chi connectivity index (χ2v) is 6.49. The van der Waals surface area contributed by atoms with Crippen molar-refractivity contribution in [3.8, 4) is 0 Å². The van der Waals surface area contributed by atoms with Gasteiger partial charge in [-0.3, -0.25) is 8.62 Å². The molecule has 0 bridgehead atoms. The second-order valence-electron chi connectivity index (χ2n) is 2.86. The standard InChI is InChI=1S/C7H8.4Na.2H4O5P2/c1-7-5-3-2-4-6-7;;;;;2*1-6(2)5-7(3)4/h2-6H,1H3;;;;;2*6-7H,(H,1,2)(H,3,4)/q;4*+1;;/p-4. The van der Waals surface area contributed by atoms with E-state index in [0.29, 0.717) is 0 Å². The summed E-state index contributed by atoms with van der Waals surface area (Å²) in [5, 5.41) is 0. The normalized spacial score (nSPS) is 12.8. The van der Waals surface area contributed by atoms with Crippen molar-refractivity contribution in [1.82, 2.24) is 0 Å². The zero-order valence-electron chi connectivity index (χ0n) is 14.5. The van der Waals surface area contributed by atoms with Crippen molar-refractivity contribution >= 4 is 33.0 Å². The monoisotopic (exact) mass is 472 g/mol. The molecule has 25 heavy (non-hydrogen) atoms. The fourth-order valence-corrected chi connectivity index (χ4v) is 1.76. The summed E-state index contributed by atoms with van der Waals surface area (Å²) in [5.74, 6) is 0. The van der Waals surface area contributed by atoms with E-state index in [-0.39, 0.29) is 118 Å². The summed E-state index contributed by atoms with van der Waals surface area (Å²) in [6.07, 6.45) is 0. The van der Waals surface area contributed by atoms with Gasteiger partial charge in [0, 0.05) is 0 Å². The maximum atomic E-state index is 9.29. The molecule has 4 unspecified atom stereocenters. The Bertz CT molecular complexity index is 443. The molecule has 0 saturated carbocycles. The Labute approximate surface area is 236 Å². The predicted molar refractivity (Wildman–Crippen MR) is 69.4 cm³/mol. The van der Waals surface area contributed by atoms with Crippen molar-refractivity contribution < 1.29 is 165 Å². The van der Waals surface area contributed by atoms with E-state index < -0.39 is 33.0 Å². The van der Waals surface area contributed by atoms with E-state index in [9.17, 15) is 37.8 Å². The van der Waals surface area contributed by atoms with Gasteiger partial charge in [0.2, 0.25) is 0 Å². The van der Waals surface area contributed by atoms with Crippen LogP contribution in [0.1, 0.15) is 5.56 Å². The third-order valence-corrected chi connectivity index (χ3v) is 3.94. The van der Waals surface area contributed by atoms with Gasteiger partial charge in [0.15, 0.2) is 0 Å². The Morgan fingerprint density at radius 1 is 0.640 bits per heavy atom. The number of rotatable bonds is 4. The fourth-order valence-electron chi connectivity index (χ4n) is 0.670. The molecule has 18 heteroatoms. The van der Waals surface area contributed by atoms with E-state index in [1.807, 2.05) is 18.2 Å². The van der Waals surface area contributed by atoms with Crippen LogP contribution < -0.4 is 138 Å². The largest absolute Gasteiger partial charge is 1.00 e. The minimum absolute atomic E-state index is 0. The van der Waals surface area contributed by atoms with Gasteiger partial charge in [-0.2, -0.15) is 0 Å². The van der Waals surface area contributed by atoms with Gasteiger partial charge in [-0.05, 0) is 6.92 Å². The van der Waals surface area contributed by atoms with Crippen LogP contribution in [0.4, 0.5) is 0 Å². The predicted octanol–water partition coefficient (Wildman–Crippen LogP) is -13.0. The Morgan fingerprint density at radius 2 is 0.880 bits per heavy atom. The van der Waals surface area contributed by atoms with Gasteiger partial charge in [-0.25, -0.2) is 0 Å². The zero-order valence-corrected chi connectivity index (χ0v) is 26.5. The van der Waals surface area contributed by atoms with Gasteiger partial charge in [0.1, 0.15) is 33.0 Å². The number of benzene rings is 1. The molecule has 0 aliphatic rings. The first-order valence-corrected chi connectivity index (χ1v) is 9.76. The van der Waals surface area contributed by atoms with E-state index in [1.165, 1.54) is 5.56 Å². The van der Waals surface area contributed by atoms with Crippen LogP contribution in [0.3, 0.4) is 0 Å². The summed E-state index contributed by atoms with van der Waals surface area (Å²) >= 11 is 0. The van der Waals surface area contributed by atoms with Gasteiger partial charge in [-0.15, -0.1) is 0 Å². The van der Waals surface area contributed by atoms with E-state index in [1.54, 1.807) is 0 Å². The Hall–Kier alpha value is 3.90. The summed E-state index contributed by atoms with van der Waals surface area (Å²) < 4.78 is 43.6. The van der Waals surface area contributed by atoms with Crippen LogP contribution in [0.2, 0.25) is 0 Å². The van der Waals surface area contributed by atoms with Crippen LogP contribution in [0.25, 0.3) is 0 Å². The average Bonchev–Trinajstić information content (AvgIpc) is 2.27. The average molecular weight is 472 g/mol. The van der Waals surface area contributed by atoms with Crippen molar-refractivity contribution in [3.05, 3.63) is 35.9 Å². The second kappa shape index (κ2) is 30.1. The molecule has 1 aromatic rings. The SMILES string of the molecule is Cc1ccccc1.O=[PH]([O-])O[PH](=O)[O-].O=[PH]([O-])O[PH](=O)[O-].[Na+].[Na+].[Na+].[Na+]. The van der Waals surface area contributed by atoms with Crippen LogP contribution in [-0.2, 0) is 26.9 Å². The van der Waals surface area contributed by atoms with Crippen LogP contribution in [0.5, 0.6) is 0 Å². The van der Waals surface area contributed by atoms with Crippen molar-refractivity contribution in [1.29, 1.82) is 0 Å². The van der Waals surface area contributed by atoms with Gasteiger partial charge in [-0.1, -0.05) is 35.9 Å². The van der Waals surface area contributed by atoms with E-state index in [0.717, 1.165) is 0 Å². The van der Waals surface area contributed by atoms with Crippen molar-refractivity contribution in [2.24, 2.45) is 0 Å². The van der Waals surface area contributed by atoms with Gasteiger partial charge in [0.25, 0.3) is 0 Å².